The van der Waals surface area contributed by atoms with E-state index < -0.39 is 29.1 Å². The maximum Gasteiger partial charge on any atom is 0.325 e. The number of methoxy groups -OCH3 is 1. The van der Waals surface area contributed by atoms with Crippen molar-refractivity contribution >= 4 is 35.0 Å². The zero-order valence-electron chi connectivity index (χ0n) is 17.1. The highest BCUT2D eigenvalue weighted by atomic mass is 16.6. The van der Waals surface area contributed by atoms with Gasteiger partial charge in [-0.15, -0.1) is 0 Å². The Morgan fingerprint density at radius 1 is 1.16 bits per heavy atom. The van der Waals surface area contributed by atoms with Crippen LogP contribution in [0.25, 0.3) is 5.70 Å². The molecule has 2 aromatic rings. The standard InChI is InChI=1S/C21H18N6O5/c1-24-18-17(19(28)23-21(24)29)25-11-16(12-4-3-5-14(10-12)27(30)31)26(20(25)22-18)13-6-8-15(32-2)9-7-13/h3-11,17-18H,1-2H3,(H,23,28,29). The van der Waals surface area contributed by atoms with Gasteiger partial charge in [-0.1, -0.05) is 12.1 Å². The normalized spacial score (nSPS) is 21.6. The van der Waals surface area contributed by atoms with E-state index in [0.29, 0.717) is 23.0 Å². The van der Waals surface area contributed by atoms with Gasteiger partial charge in [0, 0.05) is 36.6 Å². The van der Waals surface area contributed by atoms with Gasteiger partial charge in [0.25, 0.3) is 11.6 Å². The van der Waals surface area contributed by atoms with Crippen molar-refractivity contribution in [3.05, 3.63) is 70.4 Å². The molecule has 3 amide bonds. The summed E-state index contributed by atoms with van der Waals surface area (Å²) in [5.41, 5.74) is 1.87. The molecule has 3 aliphatic rings. The fraction of sp³-hybridized carbons (Fsp3) is 0.190. The molecule has 5 rings (SSSR count). The number of benzene rings is 2. The first-order valence-corrected chi connectivity index (χ1v) is 9.73. The number of hydrogen-bond acceptors (Lipinski definition) is 8. The van der Waals surface area contributed by atoms with Crippen molar-refractivity contribution in [1.82, 2.24) is 15.1 Å². The molecule has 162 valence electrons. The number of nitrogens with zero attached hydrogens (tertiary/aromatic N) is 5. The first kappa shape index (κ1) is 19.5. The number of non-ortho nitro benzene ring substituents is 1. The Hall–Kier alpha value is -4.41. The molecule has 2 aromatic carbocycles. The number of nitro benzene ring substituents is 1. The van der Waals surface area contributed by atoms with Crippen LogP contribution in [0, 0.1) is 10.1 Å². The number of nitrogens with one attached hydrogen (secondary N) is 1. The maximum atomic E-state index is 12.7. The highest BCUT2D eigenvalue weighted by molar-refractivity contribution is 6.16. The molecule has 2 atom stereocenters. The molecule has 0 aromatic heterocycles. The van der Waals surface area contributed by atoms with Crippen LogP contribution in [0.4, 0.5) is 16.2 Å². The summed E-state index contributed by atoms with van der Waals surface area (Å²) in [6.07, 6.45) is 1.05. The molecule has 0 saturated carbocycles. The van der Waals surface area contributed by atoms with Gasteiger partial charge in [-0.25, -0.2) is 9.79 Å². The first-order chi connectivity index (χ1) is 15.4. The van der Waals surface area contributed by atoms with Gasteiger partial charge in [0.1, 0.15) is 5.75 Å². The van der Waals surface area contributed by atoms with E-state index in [4.69, 9.17) is 4.74 Å². The van der Waals surface area contributed by atoms with E-state index in [0.717, 1.165) is 5.69 Å². The molecule has 11 heteroatoms. The number of guanidine groups is 1. The highest BCUT2D eigenvalue weighted by Crippen LogP contribution is 2.39. The molecule has 1 N–H and O–H groups in total. The van der Waals surface area contributed by atoms with Gasteiger partial charge >= 0.3 is 6.03 Å². The van der Waals surface area contributed by atoms with Crippen molar-refractivity contribution in [3.8, 4) is 5.75 Å². The van der Waals surface area contributed by atoms with Crippen LogP contribution in [-0.2, 0) is 4.79 Å². The quantitative estimate of drug-likeness (QED) is 0.577. The minimum absolute atomic E-state index is 0.0503. The van der Waals surface area contributed by atoms with Crippen LogP contribution in [0.2, 0.25) is 0 Å². The van der Waals surface area contributed by atoms with Crippen LogP contribution in [0.1, 0.15) is 5.56 Å². The molecule has 0 spiro atoms. The summed E-state index contributed by atoms with van der Waals surface area (Å²) in [4.78, 5) is 45.2. The van der Waals surface area contributed by atoms with E-state index in [2.05, 4.69) is 10.3 Å². The molecule has 11 nitrogen and oxygen atoms in total. The van der Waals surface area contributed by atoms with Crippen molar-refractivity contribution < 1.29 is 19.2 Å². The van der Waals surface area contributed by atoms with Crippen LogP contribution in [0.15, 0.2) is 59.7 Å². The Morgan fingerprint density at radius 2 is 1.91 bits per heavy atom. The van der Waals surface area contributed by atoms with Crippen molar-refractivity contribution in [2.75, 3.05) is 19.1 Å². The Kier molecular flexibility index (Phi) is 4.33. The largest absolute Gasteiger partial charge is 0.497 e. The molecule has 0 aliphatic carbocycles. The van der Waals surface area contributed by atoms with E-state index in [1.165, 1.54) is 17.0 Å². The fourth-order valence-corrected chi connectivity index (χ4v) is 4.05. The van der Waals surface area contributed by atoms with Crippen molar-refractivity contribution in [1.29, 1.82) is 0 Å². The van der Waals surface area contributed by atoms with Gasteiger partial charge in [-0.2, -0.15) is 0 Å². The van der Waals surface area contributed by atoms with Crippen LogP contribution >= 0.6 is 0 Å². The predicted octanol–water partition coefficient (Wildman–Crippen LogP) is 1.97. The topological polar surface area (TPSA) is 121 Å². The van der Waals surface area contributed by atoms with Gasteiger partial charge in [-0.05, 0) is 24.3 Å². The minimum Gasteiger partial charge on any atom is -0.497 e. The van der Waals surface area contributed by atoms with Crippen molar-refractivity contribution in [2.45, 2.75) is 12.2 Å². The van der Waals surface area contributed by atoms with Crippen LogP contribution in [0.5, 0.6) is 5.75 Å². The zero-order valence-corrected chi connectivity index (χ0v) is 17.1. The number of amides is 3. The summed E-state index contributed by atoms with van der Waals surface area (Å²) in [6.45, 7) is 0. The summed E-state index contributed by atoms with van der Waals surface area (Å²) in [7, 11) is 3.15. The van der Waals surface area contributed by atoms with Crippen LogP contribution in [0.3, 0.4) is 0 Å². The summed E-state index contributed by atoms with van der Waals surface area (Å²) in [5, 5.41) is 13.7. The van der Waals surface area contributed by atoms with Gasteiger partial charge in [0.2, 0.25) is 5.96 Å². The van der Waals surface area contributed by atoms with Gasteiger partial charge in [0.15, 0.2) is 12.2 Å². The van der Waals surface area contributed by atoms with Gasteiger partial charge in [-0.3, -0.25) is 30.0 Å². The van der Waals surface area contributed by atoms with Gasteiger partial charge in [0.05, 0.1) is 17.7 Å². The monoisotopic (exact) mass is 434 g/mol. The van der Waals surface area contributed by atoms with Gasteiger partial charge < -0.3 is 9.64 Å². The number of ether oxygens (including phenoxy) is 1. The van der Waals surface area contributed by atoms with Crippen LogP contribution < -0.4 is 15.0 Å². The number of nitro groups is 1. The average molecular weight is 434 g/mol. The Balaban J connectivity index is 1.64. The second kappa shape index (κ2) is 7.08. The molecule has 1 fully saturated rings. The molecule has 3 aliphatic heterocycles. The lowest BCUT2D eigenvalue weighted by molar-refractivity contribution is -0.384. The summed E-state index contributed by atoms with van der Waals surface area (Å²) in [6, 6.07) is 12.2. The molecule has 1 saturated heterocycles. The summed E-state index contributed by atoms with van der Waals surface area (Å²) < 4.78 is 5.24. The number of carbonyl (C=O) groups excluding carboxylic acids is 2. The van der Waals surface area contributed by atoms with Crippen LogP contribution in [-0.4, -0.2) is 59.0 Å². The molecule has 2 unspecified atom stereocenters. The van der Waals surface area contributed by atoms with E-state index in [1.54, 1.807) is 49.5 Å². The number of carbonyl (C=O) groups is 2. The zero-order chi connectivity index (χ0) is 22.6. The molecule has 3 heterocycles. The lowest BCUT2D eigenvalue weighted by Gasteiger charge is -2.34. The predicted molar refractivity (Wildman–Crippen MR) is 115 cm³/mol. The SMILES string of the molecule is COc1ccc(N2C(c3cccc([N+](=O)[O-])c3)=CN3C2=NC2C3C(=O)NC(=O)N2C)cc1. The molecule has 32 heavy (non-hydrogen) atoms. The second-order valence-corrected chi connectivity index (χ2v) is 7.46. The average Bonchev–Trinajstić information content (AvgIpc) is 3.34. The van der Waals surface area contributed by atoms with E-state index in [-0.39, 0.29) is 5.69 Å². The number of urea groups is 1. The number of fused-ring (bicyclic) bond motifs is 3. The third kappa shape index (κ3) is 2.86. The summed E-state index contributed by atoms with van der Waals surface area (Å²) >= 11 is 0. The number of likely N-dealkylation sites (N-methyl/N-ethyl adjacent to an activating group) is 1. The molecular formula is C21H18N6O5. The lowest BCUT2D eigenvalue weighted by atomic mass is 10.1. The number of aliphatic imine (C=N–C) groups is 1. The molecular weight excluding hydrogens is 416 g/mol. The first-order valence-electron chi connectivity index (χ1n) is 9.73. The Bertz CT molecular complexity index is 1210. The molecule has 0 radical (unpaired) electrons. The third-order valence-electron chi connectivity index (χ3n) is 5.66. The summed E-state index contributed by atoms with van der Waals surface area (Å²) in [5.74, 6) is 0.656. The van der Waals surface area contributed by atoms with E-state index >= 15 is 0 Å². The maximum absolute atomic E-state index is 12.7. The third-order valence-corrected chi connectivity index (χ3v) is 5.66. The molecule has 0 bridgehead atoms. The number of anilines is 1. The lowest BCUT2D eigenvalue weighted by Crippen LogP contribution is -2.62. The van der Waals surface area contributed by atoms with E-state index in [1.807, 2.05) is 17.0 Å². The fourth-order valence-electron chi connectivity index (χ4n) is 4.05. The highest BCUT2D eigenvalue weighted by Gasteiger charge is 2.52. The smallest absolute Gasteiger partial charge is 0.325 e. The van der Waals surface area contributed by atoms with E-state index in [9.17, 15) is 19.7 Å². The Labute approximate surface area is 182 Å². The van der Waals surface area contributed by atoms with Crippen molar-refractivity contribution in [3.63, 3.8) is 0 Å². The van der Waals surface area contributed by atoms with Crippen molar-refractivity contribution in [2.24, 2.45) is 4.99 Å². The minimum atomic E-state index is -0.746. The number of hydrogen-bond donors (Lipinski definition) is 1. The Morgan fingerprint density at radius 3 is 2.59 bits per heavy atom. The number of rotatable bonds is 4. The number of imide groups is 1. The second-order valence-electron chi connectivity index (χ2n) is 7.46.